The molecule has 3 atom stereocenters. The van der Waals surface area contributed by atoms with E-state index in [1.165, 1.54) is 5.56 Å². The van der Waals surface area contributed by atoms with Crippen molar-refractivity contribution >= 4 is 17.5 Å². The lowest BCUT2D eigenvalue weighted by Crippen LogP contribution is -2.49. The number of nitrogens with one attached hydrogen (secondary N) is 1. The Morgan fingerprint density at radius 2 is 1.97 bits per heavy atom. The zero-order chi connectivity index (χ0) is 24.2. The Morgan fingerprint density at radius 1 is 1.24 bits per heavy atom. The lowest BCUT2D eigenvalue weighted by molar-refractivity contribution is -0.117. The van der Waals surface area contributed by atoms with E-state index in [9.17, 15) is 14.7 Å². The van der Waals surface area contributed by atoms with Gasteiger partial charge in [0.2, 0.25) is 5.91 Å². The fourth-order valence-corrected chi connectivity index (χ4v) is 4.37. The van der Waals surface area contributed by atoms with Gasteiger partial charge in [-0.1, -0.05) is 37.3 Å². The molecule has 34 heavy (non-hydrogen) atoms. The van der Waals surface area contributed by atoms with E-state index in [4.69, 9.17) is 4.74 Å². The van der Waals surface area contributed by atoms with Gasteiger partial charge in [0.05, 0.1) is 18.2 Å². The second kappa shape index (κ2) is 10.6. The number of nitrogens with zero attached hydrogens (tertiary/aromatic N) is 2. The number of carbonyl (C=O) groups excluding carboxylic acids is 2. The summed E-state index contributed by atoms with van der Waals surface area (Å²) < 4.78 is 6.45. The van der Waals surface area contributed by atoms with Crippen LogP contribution in [0.3, 0.4) is 0 Å². The van der Waals surface area contributed by atoms with Crippen molar-refractivity contribution in [1.29, 1.82) is 0 Å². The van der Waals surface area contributed by atoms with Crippen LogP contribution in [0.4, 0.5) is 5.69 Å². The molecule has 4 rings (SSSR count). The molecule has 2 N–H and O–H groups in total. The zero-order valence-electron chi connectivity index (χ0n) is 20.2. The summed E-state index contributed by atoms with van der Waals surface area (Å²) in [5.74, 6) is 0.439. The molecule has 0 spiro atoms. The van der Waals surface area contributed by atoms with Gasteiger partial charge in [0.25, 0.3) is 5.91 Å². The van der Waals surface area contributed by atoms with E-state index in [1.54, 1.807) is 23.1 Å². The van der Waals surface area contributed by atoms with Crippen molar-refractivity contribution in [2.24, 2.45) is 11.8 Å². The number of hydrogen-bond acceptors (Lipinski definition) is 5. The highest BCUT2D eigenvalue weighted by Crippen LogP contribution is 2.33. The van der Waals surface area contributed by atoms with E-state index in [1.807, 2.05) is 25.1 Å². The second-order valence-corrected chi connectivity index (χ2v) is 9.78. The molecule has 2 aromatic carbocycles. The van der Waals surface area contributed by atoms with E-state index < -0.39 is 0 Å². The van der Waals surface area contributed by atoms with Crippen LogP contribution >= 0.6 is 0 Å². The van der Waals surface area contributed by atoms with E-state index >= 15 is 0 Å². The Kier molecular flexibility index (Phi) is 7.54. The highest BCUT2D eigenvalue weighted by atomic mass is 16.5. The third-order valence-electron chi connectivity index (χ3n) is 6.67. The molecule has 1 saturated carbocycles. The first-order chi connectivity index (χ1) is 16.4. The van der Waals surface area contributed by atoms with Crippen LogP contribution in [0.1, 0.15) is 42.6 Å². The summed E-state index contributed by atoms with van der Waals surface area (Å²) in [6, 6.07) is 15.2. The number of benzene rings is 2. The van der Waals surface area contributed by atoms with E-state index in [2.05, 4.69) is 36.3 Å². The van der Waals surface area contributed by atoms with Crippen LogP contribution in [0.25, 0.3) is 0 Å². The van der Waals surface area contributed by atoms with E-state index in [0.717, 1.165) is 19.4 Å². The number of likely N-dealkylation sites (N-methyl/N-ethyl adjacent to an activating group) is 1. The quantitative estimate of drug-likeness (QED) is 0.625. The third-order valence-corrected chi connectivity index (χ3v) is 6.67. The van der Waals surface area contributed by atoms with E-state index in [0.29, 0.717) is 30.1 Å². The molecule has 1 aliphatic carbocycles. The molecule has 182 valence electrons. The van der Waals surface area contributed by atoms with Gasteiger partial charge in [-0.15, -0.1) is 0 Å². The van der Waals surface area contributed by atoms with Crippen molar-refractivity contribution in [3.05, 3.63) is 59.7 Å². The number of rotatable bonds is 8. The first-order valence-corrected chi connectivity index (χ1v) is 12.1. The molecule has 2 aromatic rings. The highest BCUT2D eigenvalue weighted by Gasteiger charge is 2.34. The van der Waals surface area contributed by atoms with Crippen LogP contribution in [0.15, 0.2) is 48.5 Å². The Hall–Kier alpha value is -2.90. The Labute approximate surface area is 201 Å². The topological polar surface area (TPSA) is 82.1 Å². The summed E-state index contributed by atoms with van der Waals surface area (Å²) in [4.78, 5) is 29.7. The lowest BCUT2D eigenvalue weighted by Gasteiger charge is -2.38. The number of amides is 2. The first-order valence-electron chi connectivity index (χ1n) is 12.1. The van der Waals surface area contributed by atoms with Crippen LogP contribution in [0, 0.1) is 11.8 Å². The van der Waals surface area contributed by atoms with Gasteiger partial charge < -0.3 is 20.1 Å². The maximum Gasteiger partial charge on any atom is 0.258 e. The van der Waals surface area contributed by atoms with Gasteiger partial charge in [-0.3, -0.25) is 14.5 Å². The monoisotopic (exact) mass is 465 g/mol. The largest absolute Gasteiger partial charge is 0.488 e. The molecule has 1 heterocycles. The van der Waals surface area contributed by atoms with Crippen LogP contribution < -0.4 is 10.1 Å². The SMILES string of the molecule is C[C@@H]1CN([C@@H](C)CO)C(=O)c2cc(NC(=O)C3CC3)ccc2O[C@@H]1CN(C)Cc1ccccc1. The van der Waals surface area contributed by atoms with Crippen molar-refractivity contribution in [2.45, 2.75) is 45.4 Å². The fraction of sp³-hybridized carbons (Fsp3) is 0.481. The van der Waals surface area contributed by atoms with Gasteiger partial charge in [-0.2, -0.15) is 0 Å². The molecule has 0 bridgehead atoms. The third kappa shape index (κ3) is 5.77. The van der Waals surface area contributed by atoms with Crippen molar-refractivity contribution in [2.75, 3.05) is 32.1 Å². The van der Waals surface area contributed by atoms with Gasteiger partial charge in [-0.05, 0) is 50.6 Å². The summed E-state index contributed by atoms with van der Waals surface area (Å²) in [6.45, 7) is 5.77. The molecule has 0 unspecified atom stereocenters. The normalized spacial score (nSPS) is 21.3. The summed E-state index contributed by atoms with van der Waals surface area (Å²) in [7, 11) is 2.07. The molecule has 1 fully saturated rings. The molecule has 7 nitrogen and oxygen atoms in total. The van der Waals surface area contributed by atoms with Crippen LogP contribution in [0.5, 0.6) is 5.75 Å². The van der Waals surface area contributed by atoms with Gasteiger partial charge in [0.15, 0.2) is 0 Å². The molecular formula is C27H35N3O4. The number of ether oxygens (including phenoxy) is 1. The molecule has 0 radical (unpaired) electrons. The van der Waals surface area contributed by atoms with Gasteiger partial charge in [-0.25, -0.2) is 0 Å². The molecule has 2 amide bonds. The summed E-state index contributed by atoms with van der Waals surface area (Å²) in [5.41, 5.74) is 2.23. The predicted molar refractivity (Wildman–Crippen MR) is 132 cm³/mol. The summed E-state index contributed by atoms with van der Waals surface area (Å²) in [5, 5.41) is 12.8. The van der Waals surface area contributed by atoms with E-state index in [-0.39, 0.29) is 42.4 Å². The number of fused-ring (bicyclic) bond motifs is 1. The molecule has 2 aliphatic rings. The zero-order valence-corrected chi connectivity index (χ0v) is 20.2. The summed E-state index contributed by atoms with van der Waals surface area (Å²) in [6.07, 6.45) is 1.67. The minimum Gasteiger partial charge on any atom is -0.488 e. The molecule has 0 aromatic heterocycles. The van der Waals surface area contributed by atoms with Crippen molar-refractivity contribution < 1.29 is 19.4 Å². The Balaban J connectivity index is 1.58. The van der Waals surface area contributed by atoms with Gasteiger partial charge in [0, 0.05) is 37.2 Å². The van der Waals surface area contributed by atoms with Crippen LogP contribution in [0.2, 0.25) is 0 Å². The average Bonchev–Trinajstić information content (AvgIpc) is 3.67. The van der Waals surface area contributed by atoms with Crippen molar-refractivity contribution in [1.82, 2.24) is 9.80 Å². The Bertz CT molecular complexity index is 1010. The number of hydrogen-bond donors (Lipinski definition) is 2. The minimum absolute atomic E-state index is 0.00576. The van der Waals surface area contributed by atoms with Crippen molar-refractivity contribution in [3.8, 4) is 5.75 Å². The summed E-state index contributed by atoms with van der Waals surface area (Å²) >= 11 is 0. The minimum atomic E-state index is -0.326. The first kappa shape index (κ1) is 24.2. The number of aliphatic hydroxyl groups is 1. The van der Waals surface area contributed by atoms with Crippen LogP contribution in [-0.4, -0.2) is 65.6 Å². The standard InChI is InChI=1S/C27H35N3O4/c1-18-14-30(19(2)17-31)27(33)23-13-22(28-26(32)21-9-10-21)11-12-24(23)34-25(18)16-29(3)15-20-7-5-4-6-8-20/h4-8,11-13,18-19,21,25,31H,9-10,14-17H2,1-3H3,(H,28,32)/t18-,19+,25-/m1/s1. The molecule has 7 heteroatoms. The van der Waals surface area contributed by atoms with Crippen LogP contribution in [-0.2, 0) is 11.3 Å². The maximum absolute atomic E-state index is 13.5. The second-order valence-electron chi connectivity index (χ2n) is 9.78. The average molecular weight is 466 g/mol. The number of anilines is 1. The van der Waals surface area contributed by atoms with Crippen molar-refractivity contribution in [3.63, 3.8) is 0 Å². The smallest absolute Gasteiger partial charge is 0.258 e. The predicted octanol–water partition coefficient (Wildman–Crippen LogP) is 3.39. The lowest BCUT2D eigenvalue weighted by atomic mass is 9.99. The number of aliphatic hydroxyl groups excluding tert-OH is 1. The molecule has 0 saturated heterocycles. The maximum atomic E-state index is 13.5. The van der Waals surface area contributed by atoms with Gasteiger partial charge in [0.1, 0.15) is 11.9 Å². The highest BCUT2D eigenvalue weighted by molar-refractivity contribution is 6.00. The number of carbonyl (C=O) groups is 2. The van der Waals surface area contributed by atoms with Gasteiger partial charge >= 0.3 is 0 Å². The molecule has 1 aliphatic heterocycles. The fourth-order valence-electron chi connectivity index (χ4n) is 4.37. The Morgan fingerprint density at radius 3 is 2.65 bits per heavy atom. The molecular weight excluding hydrogens is 430 g/mol.